The molecule has 0 aliphatic carbocycles. The smallest absolute Gasteiger partial charge is 0.207 e. The minimum absolute atomic E-state index is 0.0769. The summed E-state index contributed by atoms with van der Waals surface area (Å²) in [5.41, 5.74) is 5.26. The molecule has 3 aromatic heterocycles. The maximum atomic E-state index is 12.9. The fraction of sp³-hybridized carbons (Fsp3) is 0.0909. The summed E-state index contributed by atoms with van der Waals surface area (Å²) in [7, 11) is 0. The van der Waals surface area contributed by atoms with E-state index in [0.717, 1.165) is 27.7 Å². The second kappa shape index (κ2) is 6.42. The van der Waals surface area contributed by atoms with E-state index in [2.05, 4.69) is 25.1 Å². The maximum absolute atomic E-state index is 12.9. The quantitative estimate of drug-likeness (QED) is 0.458. The summed E-state index contributed by atoms with van der Waals surface area (Å²) >= 11 is 0. The Hall–Kier alpha value is -3.80. The molecule has 5 rings (SSSR count). The van der Waals surface area contributed by atoms with E-state index < -0.39 is 0 Å². The summed E-state index contributed by atoms with van der Waals surface area (Å²) in [6, 6.07) is 17.5. The molecule has 0 spiro atoms. The molecule has 1 atom stereocenters. The first-order chi connectivity index (χ1) is 13.7. The Morgan fingerprint density at radius 1 is 0.929 bits per heavy atom. The van der Waals surface area contributed by atoms with Crippen LogP contribution in [0, 0.1) is 0 Å². The van der Waals surface area contributed by atoms with Crippen LogP contribution in [0.15, 0.2) is 67.0 Å². The van der Waals surface area contributed by atoms with E-state index in [-0.39, 0.29) is 17.5 Å². The van der Waals surface area contributed by atoms with Crippen molar-refractivity contribution in [2.75, 3.05) is 0 Å². The highest BCUT2D eigenvalue weighted by molar-refractivity contribution is 6.04. The Morgan fingerprint density at radius 2 is 1.64 bits per heavy atom. The van der Waals surface area contributed by atoms with Gasteiger partial charge in [0.1, 0.15) is 0 Å². The van der Waals surface area contributed by atoms with Gasteiger partial charge in [-0.2, -0.15) is 0 Å². The summed E-state index contributed by atoms with van der Waals surface area (Å²) in [6.45, 7) is 1.89. The van der Waals surface area contributed by atoms with E-state index in [9.17, 15) is 4.79 Å². The number of aromatic nitrogens is 5. The minimum Gasteiger partial charge on any atom is -0.300 e. The van der Waals surface area contributed by atoms with Gasteiger partial charge in [-0.1, -0.05) is 37.3 Å². The van der Waals surface area contributed by atoms with Crippen LogP contribution in [-0.4, -0.2) is 30.9 Å². The van der Waals surface area contributed by atoms with Crippen LogP contribution in [0.4, 0.5) is 0 Å². The van der Waals surface area contributed by atoms with Crippen molar-refractivity contribution in [1.82, 2.24) is 25.1 Å². The van der Waals surface area contributed by atoms with Crippen molar-refractivity contribution in [1.29, 1.82) is 0 Å². The summed E-state index contributed by atoms with van der Waals surface area (Å²) in [5.74, 6) is -0.107. The number of ketones is 1. The van der Waals surface area contributed by atoms with Crippen LogP contribution in [0.1, 0.15) is 29.0 Å². The van der Waals surface area contributed by atoms with E-state index in [1.165, 1.54) is 0 Å². The molecule has 0 fully saturated rings. The first kappa shape index (κ1) is 16.4. The number of fused-ring (bicyclic) bond motifs is 2. The molecular weight excluding hydrogens is 350 g/mol. The lowest BCUT2D eigenvalue weighted by Gasteiger charge is -2.07. The second-order valence-electron chi connectivity index (χ2n) is 6.79. The highest BCUT2D eigenvalue weighted by Crippen LogP contribution is 2.29. The van der Waals surface area contributed by atoms with Gasteiger partial charge in [-0.15, -0.1) is 0 Å². The first-order valence-corrected chi connectivity index (χ1v) is 9.08. The second-order valence-corrected chi connectivity index (χ2v) is 6.79. The van der Waals surface area contributed by atoms with Crippen LogP contribution in [0.3, 0.4) is 0 Å². The van der Waals surface area contributed by atoms with Crippen molar-refractivity contribution in [2.45, 2.75) is 12.8 Å². The van der Waals surface area contributed by atoms with Gasteiger partial charge >= 0.3 is 0 Å². The summed E-state index contributed by atoms with van der Waals surface area (Å²) < 4.78 is 0. The highest BCUT2D eigenvalue weighted by atomic mass is 16.1. The number of carbonyl (C=O) groups is 1. The van der Waals surface area contributed by atoms with Crippen molar-refractivity contribution in [3.63, 3.8) is 0 Å². The molecule has 0 unspecified atom stereocenters. The average molecular weight is 367 g/mol. The highest BCUT2D eigenvalue weighted by Gasteiger charge is 2.22. The molecule has 0 radical (unpaired) electrons. The third-order valence-corrected chi connectivity index (χ3v) is 5.04. The number of benzene rings is 2. The molecule has 3 heterocycles. The van der Waals surface area contributed by atoms with Crippen molar-refractivity contribution in [3.8, 4) is 11.3 Å². The lowest BCUT2D eigenvalue weighted by Crippen LogP contribution is -2.11. The molecule has 28 heavy (non-hydrogen) atoms. The maximum Gasteiger partial charge on any atom is 0.207 e. The molecule has 5 aromatic rings. The number of H-pyrrole nitrogens is 2. The molecule has 2 aromatic carbocycles. The zero-order chi connectivity index (χ0) is 19.1. The lowest BCUT2D eigenvalue weighted by molar-refractivity contribution is 0.0957. The van der Waals surface area contributed by atoms with Crippen LogP contribution < -0.4 is 0 Å². The van der Waals surface area contributed by atoms with Gasteiger partial charge in [-0.25, -0.2) is 9.97 Å². The number of nitrogens with one attached hydrogen (secondary N) is 2. The predicted octanol–water partition coefficient (Wildman–Crippen LogP) is 4.49. The third kappa shape index (κ3) is 2.66. The molecule has 0 aliphatic rings. The number of rotatable bonds is 4. The first-order valence-electron chi connectivity index (χ1n) is 9.08. The van der Waals surface area contributed by atoms with Crippen LogP contribution in [0.25, 0.3) is 33.2 Å². The van der Waals surface area contributed by atoms with Crippen LogP contribution >= 0.6 is 0 Å². The standard InChI is InChI=1S/C22H17N5O/c1-13(14-5-3-2-4-6-14)21(28)22-24-18-11-16-17(12-19(18)25-22)26-27-20(16)15-7-9-23-10-8-15/h2-13,26-27H,1H3/t13-/m0/s1. The van der Waals surface area contributed by atoms with Crippen LogP contribution in [-0.2, 0) is 0 Å². The topological polar surface area (TPSA) is 87.3 Å². The Bertz CT molecular complexity index is 1290. The minimum atomic E-state index is -0.288. The summed E-state index contributed by atoms with van der Waals surface area (Å²) in [6.07, 6.45) is 3.51. The largest absolute Gasteiger partial charge is 0.300 e. The molecule has 0 bridgehead atoms. The molecule has 0 saturated carbocycles. The average Bonchev–Trinajstić information content (AvgIpc) is 3.35. The number of hydrogen-bond acceptors (Lipinski definition) is 4. The van der Waals surface area contributed by atoms with Gasteiger partial charge in [0.05, 0.1) is 22.2 Å². The molecule has 2 N–H and O–H groups in total. The zero-order valence-electron chi connectivity index (χ0n) is 15.2. The van der Waals surface area contributed by atoms with Crippen molar-refractivity contribution < 1.29 is 4.79 Å². The fourth-order valence-corrected chi connectivity index (χ4v) is 3.46. The third-order valence-electron chi connectivity index (χ3n) is 5.04. The van der Waals surface area contributed by atoms with Gasteiger partial charge in [0.2, 0.25) is 5.78 Å². The van der Waals surface area contributed by atoms with Gasteiger partial charge < -0.3 is 5.10 Å². The molecule has 0 amide bonds. The fourth-order valence-electron chi connectivity index (χ4n) is 3.46. The predicted molar refractivity (Wildman–Crippen MR) is 108 cm³/mol. The van der Waals surface area contributed by atoms with Crippen molar-refractivity contribution in [3.05, 3.63) is 78.4 Å². The van der Waals surface area contributed by atoms with Crippen molar-refractivity contribution >= 4 is 27.7 Å². The van der Waals surface area contributed by atoms with Gasteiger partial charge in [0.15, 0.2) is 5.82 Å². The van der Waals surface area contributed by atoms with E-state index in [1.807, 2.05) is 61.5 Å². The summed E-state index contributed by atoms with van der Waals surface area (Å²) in [5, 5.41) is 7.36. The number of nitrogens with zero attached hydrogens (tertiary/aromatic N) is 3. The summed E-state index contributed by atoms with van der Waals surface area (Å²) in [4.78, 5) is 26.0. The SMILES string of the molecule is C[C@H](C(=O)c1nc2cc3[nH][nH]c(-c4ccncc4)c3cc2n1)c1ccccc1. The number of pyridine rings is 1. The number of aromatic amines is 2. The molecular formula is C22H17N5O. The number of hydrogen-bond donors (Lipinski definition) is 2. The van der Waals surface area contributed by atoms with E-state index in [4.69, 9.17) is 0 Å². The van der Waals surface area contributed by atoms with Gasteiger partial charge in [0, 0.05) is 29.3 Å². The molecule has 6 heteroatoms. The van der Waals surface area contributed by atoms with Gasteiger partial charge in [-0.05, 0) is 29.8 Å². The van der Waals surface area contributed by atoms with E-state index in [1.54, 1.807) is 12.4 Å². The zero-order valence-corrected chi connectivity index (χ0v) is 15.2. The Morgan fingerprint density at radius 3 is 2.39 bits per heavy atom. The van der Waals surface area contributed by atoms with E-state index in [0.29, 0.717) is 11.0 Å². The van der Waals surface area contributed by atoms with Gasteiger partial charge in [-0.3, -0.25) is 14.9 Å². The van der Waals surface area contributed by atoms with Crippen molar-refractivity contribution in [2.24, 2.45) is 0 Å². The Kier molecular flexibility index (Phi) is 3.76. The molecule has 0 saturated heterocycles. The van der Waals surface area contributed by atoms with Gasteiger partial charge in [0.25, 0.3) is 0 Å². The lowest BCUT2D eigenvalue weighted by atomic mass is 9.96. The van der Waals surface area contributed by atoms with E-state index >= 15 is 0 Å². The number of carbonyl (C=O) groups excluding carboxylic acids is 1. The number of Topliss-reactive ketones (excluding diaryl/α,β-unsaturated/α-hetero) is 1. The number of imidazole rings is 1. The molecule has 6 nitrogen and oxygen atoms in total. The molecule has 0 aliphatic heterocycles. The van der Waals surface area contributed by atoms with Crippen LogP contribution in [0.5, 0.6) is 0 Å². The Labute approximate surface area is 160 Å². The molecule has 136 valence electrons. The monoisotopic (exact) mass is 367 g/mol. The van der Waals surface area contributed by atoms with Crippen LogP contribution in [0.2, 0.25) is 0 Å². The normalized spacial score (nSPS) is 12.5. The Balaban J connectivity index is 1.57.